The number of aromatic nitrogens is 6. The summed E-state index contributed by atoms with van der Waals surface area (Å²) in [4.78, 5) is 61.7. The molecule has 0 saturated heterocycles. The highest BCUT2D eigenvalue weighted by Gasteiger charge is 2.29. The summed E-state index contributed by atoms with van der Waals surface area (Å²) in [6.45, 7) is 17.2. The number of hydrogen-bond acceptors (Lipinski definition) is 9. The summed E-state index contributed by atoms with van der Waals surface area (Å²) in [5, 5.41) is 8.77. The van der Waals surface area contributed by atoms with Gasteiger partial charge in [0.1, 0.15) is 28.9 Å². The first-order chi connectivity index (χ1) is 27.9. The lowest BCUT2D eigenvalue weighted by Crippen LogP contribution is -2.37. The number of hydrogen-bond donors (Lipinski definition) is 5. The predicted molar refractivity (Wildman–Crippen MR) is 235 cm³/mol. The van der Waals surface area contributed by atoms with Crippen LogP contribution in [0, 0.1) is 11.8 Å². The second-order valence-corrected chi connectivity index (χ2v) is 16.6. The van der Waals surface area contributed by atoms with Crippen molar-refractivity contribution in [2.75, 3.05) is 24.7 Å². The van der Waals surface area contributed by atoms with Gasteiger partial charge in [-0.2, -0.15) is 0 Å². The van der Waals surface area contributed by atoms with E-state index in [-0.39, 0.29) is 30.0 Å². The van der Waals surface area contributed by atoms with E-state index in [0.29, 0.717) is 23.5 Å². The molecule has 2 aromatic carbocycles. The number of amides is 3. The molecule has 0 aliphatic rings. The van der Waals surface area contributed by atoms with Crippen LogP contribution in [0.25, 0.3) is 44.3 Å². The van der Waals surface area contributed by atoms with Gasteiger partial charge in [0.25, 0.3) is 0 Å². The molecular weight excluding hydrogens is 745 g/mol. The molecule has 0 aliphatic heterocycles. The van der Waals surface area contributed by atoms with E-state index in [4.69, 9.17) is 14.7 Å². The molecule has 0 radical (unpaired) electrons. The Hall–Kier alpha value is -6.15. The van der Waals surface area contributed by atoms with Gasteiger partial charge in [0.15, 0.2) is 0 Å². The van der Waals surface area contributed by atoms with E-state index < -0.39 is 5.60 Å². The van der Waals surface area contributed by atoms with Crippen molar-refractivity contribution in [3.63, 3.8) is 0 Å². The normalized spacial score (nSPS) is 12.6. The van der Waals surface area contributed by atoms with Gasteiger partial charge in [0.2, 0.25) is 11.8 Å². The molecule has 0 spiro atoms. The van der Waals surface area contributed by atoms with Crippen LogP contribution >= 0.6 is 0 Å². The van der Waals surface area contributed by atoms with Crippen LogP contribution < -0.4 is 16.0 Å². The third kappa shape index (κ3) is 12.2. The van der Waals surface area contributed by atoms with Crippen molar-refractivity contribution in [2.24, 2.45) is 11.8 Å². The van der Waals surface area contributed by atoms with Crippen molar-refractivity contribution in [3.05, 3.63) is 84.7 Å². The minimum absolute atomic E-state index is 0.133. The smallest absolute Gasteiger partial charge is 0.410 e. The lowest BCUT2D eigenvalue weighted by Gasteiger charge is -2.30. The van der Waals surface area contributed by atoms with Crippen LogP contribution in [0.1, 0.15) is 98.9 Å². The number of fused-ring (bicyclic) bond motifs is 2. The molecule has 2 atom stereocenters. The maximum atomic E-state index is 12.7. The van der Waals surface area contributed by atoms with Crippen LogP contribution in [0.2, 0.25) is 0 Å². The second kappa shape index (κ2) is 19.1. The van der Waals surface area contributed by atoms with Gasteiger partial charge >= 0.3 is 6.09 Å². The Kier molecular flexibility index (Phi) is 14.2. The monoisotopic (exact) mass is 802 g/mol. The van der Waals surface area contributed by atoms with E-state index in [1.54, 1.807) is 24.3 Å². The van der Waals surface area contributed by atoms with Gasteiger partial charge in [-0.25, -0.2) is 24.7 Å². The minimum atomic E-state index is -0.572. The third-order valence-corrected chi connectivity index (χ3v) is 9.34. The van der Waals surface area contributed by atoms with E-state index in [2.05, 4.69) is 69.6 Å². The zero-order chi connectivity index (χ0) is 43.0. The molecular formula is C45H58N10O4. The Balaban J connectivity index is 0.000000230. The summed E-state index contributed by atoms with van der Waals surface area (Å²) in [6, 6.07) is 19.6. The number of carbonyl (C=O) groups excluding carboxylic acids is 3. The number of ether oxygens (including phenoxy) is 1. The average Bonchev–Trinajstić information content (AvgIpc) is 3.79. The molecule has 6 aromatic rings. The van der Waals surface area contributed by atoms with Crippen molar-refractivity contribution in [1.29, 1.82) is 0 Å². The van der Waals surface area contributed by atoms with E-state index in [1.165, 1.54) is 13.8 Å². The summed E-state index contributed by atoms with van der Waals surface area (Å²) < 4.78 is 5.58. The molecule has 4 heterocycles. The molecule has 14 nitrogen and oxygen atoms in total. The zero-order valence-corrected chi connectivity index (χ0v) is 36.0. The molecule has 0 aliphatic carbocycles. The number of H-pyrrole nitrogens is 2. The third-order valence-electron chi connectivity index (χ3n) is 9.34. The molecule has 0 bridgehead atoms. The highest BCUT2D eigenvalue weighted by atomic mass is 16.6. The molecule has 6 rings (SSSR count). The van der Waals surface area contributed by atoms with E-state index >= 15 is 0 Å². The molecule has 59 heavy (non-hydrogen) atoms. The van der Waals surface area contributed by atoms with Gasteiger partial charge < -0.3 is 35.6 Å². The summed E-state index contributed by atoms with van der Waals surface area (Å²) in [6.07, 6.45) is 4.75. The largest absolute Gasteiger partial charge is 0.444 e. The number of aromatic amines is 2. The van der Waals surface area contributed by atoms with Gasteiger partial charge in [-0.1, -0.05) is 39.8 Å². The number of anilines is 2. The summed E-state index contributed by atoms with van der Waals surface area (Å²) in [7, 11) is 3.71. The van der Waals surface area contributed by atoms with Crippen LogP contribution in [0.15, 0.2) is 73.1 Å². The fourth-order valence-electron chi connectivity index (χ4n) is 6.66. The summed E-state index contributed by atoms with van der Waals surface area (Å²) in [5.74, 6) is 3.37. The van der Waals surface area contributed by atoms with E-state index in [0.717, 1.165) is 68.8 Å². The molecule has 0 saturated carbocycles. The van der Waals surface area contributed by atoms with Gasteiger partial charge in [-0.3, -0.25) is 9.59 Å². The van der Waals surface area contributed by atoms with Crippen molar-refractivity contribution in [2.45, 2.75) is 92.8 Å². The molecule has 0 fully saturated rings. The molecule has 0 unspecified atom stereocenters. The van der Waals surface area contributed by atoms with Gasteiger partial charge in [0.05, 0.1) is 34.2 Å². The minimum Gasteiger partial charge on any atom is -0.444 e. The molecule has 312 valence electrons. The second-order valence-electron chi connectivity index (χ2n) is 16.6. The first kappa shape index (κ1) is 44.0. The summed E-state index contributed by atoms with van der Waals surface area (Å²) in [5.41, 5.74) is 6.99. The maximum Gasteiger partial charge on any atom is 0.410 e. The zero-order valence-electron chi connectivity index (χ0n) is 36.0. The van der Waals surface area contributed by atoms with Crippen LogP contribution in [0.3, 0.4) is 0 Å². The molecule has 3 amide bonds. The number of benzene rings is 2. The SMILES string of the molecule is CC(=O)Nc1cc(-c2ccc3nc([C@@H](CC(C)C)N(C)C(=O)OC(C)(C)C)[nH]c3c2)ccn1.CN[C@H](CC(C)C)c1nc2ccc(-c3ccnc(NC(C)=O)c3)cc2[nH]1. The van der Waals surface area contributed by atoms with E-state index in [1.807, 2.05) is 82.4 Å². The van der Waals surface area contributed by atoms with E-state index in [9.17, 15) is 14.4 Å². The number of rotatable bonds is 12. The molecule has 14 heteroatoms. The topological polar surface area (TPSA) is 183 Å². The lowest BCUT2D eigenvalue weighted by atomic mass is 10.0. The standard InChI is InChI=1S/C25H33N5O3.C20H25N5O/c1-15(2)12-21(30(7)24(32)33-25(4,5)6)23-28-19-9-8-17(13-20(19)29-23)18-10-11-26-22(14-18)27-16(3)31;1-12(2)9-18(21-4)20-24-16-6-5-14(10-17(16)25-20)15-7-8-22-19(11-15)23-13(3)26/h8-11,13-15,21H,12H2,1-7H3,(H,28,29)(H,26,27,31);5-8,10-12,18,21H,9H2,1-4H3,(H,24,25)(H,22,23,26)/t21-;18-/m11/s1. The molecule has 4 aromatic heterocycles. The quantitative estimate of drug-likeness (QED) is 0.0805. The van der Waals surface area contributed by atoms with Gasteiger partial charge in [0, 0.05) is 33.3 Å². The summed E-state index contributed by atoms with van der Waals surface area (Å²) >= 11 is 0. The maximum absolute atomic E-state index is 12.7. The van der Waals surface area contributed by atoms with Crippen molar-refractivity contribution >= 4 is 51.6 Å². The predicted octanol–water partition coefficient (Wildman–Crippen LogP) is 9.43. The Bertz CT molecular complexity index is 2390. The number of carbonyl (C=O) groups is 3. The Morgan fingerprint density at radius 1 is 0.695 bits per heavy atom. The fraction of sp³-hybridized carbons (Fsp3) is 0.400. The first-order valence-electron chi connectivity index (χ1n) is 20.0. The van der Waals surface area contributed by atoms with Crippen LogP contribution in [-0.4, -0.2) is 72.4 Å². The van der Waals surface area contributed by atoms with Gasteiger partial charge in [-0.05, 0) is 123 Å². The fourth-order valence-corrected chi connectivity index (χ4v) is 6.66. The Labute approximate surface area is 346 Å². The number of imidazole rings is 2. The lowest BCUT2D eigenvalue weighted by molar-refractivity contribution is -0.115. The van der Waals surface area contributed by atoms with Crippen LogP contribution in [-0.2, 0) is 14.3 Å². The molecule has 5 N–H and O–H groups in total. The van der Waals surface area contributed by atoms with Gasteiger partial charge in [-0.15, -0.1) is 0 Å². The van der Waals surface area contributed by atoms with Crippen molar-refractivity contribution < 1.29 is 19.1 Å². The van der Waals surface area contributed by atoms with Crippen LogP contribution in [0.4, 0.5) is 16.4 Å². The average molecular weight is 803 g/mol. The van der Waals surface area contributed by atoms with Crippen molar-refractivity contribution in [1.82, 2.24) is 40.1 Å². The highest BCUT2D eigenvalue weighted by molar-refractivity contribution is 5.90. The Morgan fingerprint density at radius 3 is 1.59 bits per heavy atom. The van der Waals surface area contributed by atoms with Crippen molar-refractivity contribution in [3.8, 4) is 22.3 Å². The first-order valence-corrected chi connectivity index (χ1v) is 20.0. The number of pyridine rings is 2. The number of nitrogens with one attached hydrogen (secondary N) is 5. The number of nitrogens with zero attached hydrogens (tertiary/aromatic N) is 5. The van der Waals surface area contributed by atoms with Crippen LogP contribution in [0.5, 0.6) is 0 Å². The Morgan fingerprint density at radius 2 is 1.15 bits per heavy atom. The highest BCUT2D eigenvalue weighted by Crippen LogP contribution is 2.31.